The highest BCUT2D eigenvalue weighted by Crippen LogP contribution is 2.73. The van der Waals surface area contributed by atoms with Gasteiger partial charge in [-0.15, -0.1) is 0 Å². The van der Waals surface area contributed by atoms with Crippen molar-refractivity contribution in [2.24, 2.45) is 45.3 Å². The van der Waals surface area contributed by atoms with Crippen LogP contribution in [0.2, 0.25) is 0 Å². The van der Waals surface area contributed by atoms with Crippen LogP contribution in [0.5, 0.6) is 0 Å². The fraction of sp³-hybridized carbons (Fsp3) is 0.875. The molecule has 39 heavy (non-hydrogen) atoms. The molecule has 7 heteroatoms. The van der Waals surface area contributed by atoms with Crippen LogP contribution in [-0.4, -0.2) is 57.3 Å². The molecule has 10 atom stereocenters. The van der Waals surface area contributed by atoms with Gasteiger partial charge in [-0.05, 0) is 86.9 Å². The van der Waals surface area contributed by atoms with Crippen LogP contribution in [0, 0.1) is 45.3 Å². The fourth-order valence-corrected chi connectivity index (χ4v) is 10.6. The summed E-state index contributed by atoms with van der Waals surface area (Å²) in [6.45, 7) is 15.9. The highest BCUT2D eigenvalue weighted by atomic mass is 16.7. The first-order valence-corrected chi connectivity index (χ1v) is 15.0. The third-order valence-electron chi connectivity index (χ3n) is 12.7. The Bertz CT molecular complexity index is 1070. The minimum atomic E-state index is -2.00. The van der Waals surface area contributed by atoms with Crippen molar-refractivity contribution in [2.45, 2.75) is 124 Å². The van der Waals surface area contributed by atoms with Gasteiger partial charge >= 0.3 is 5.97 Å². The van der Waals surface area contributed by atoms with Crippen molar-refractivity contribution < 1.29 is 34.4 Å². The number of carbonyl (C=O) groups is 2. The van der Waals surface area contributed by atoms with E-state index >= 15 is 0 Å². The highest BCUT2D eigenvalue weighted by molar-refractivity contribution is 5.85. The monoisotopic (exact) mass is 546 g/mol. The summed E-state index contributed by atoms with van der Waals surface area (Å²) in [5.41, 5.74) is -1.23. The van der Waals surface area contributed by atoms with Gasteiger partial charge in [0.2, 0.25) is 5.79 Å². The minimum absolute atomic E-state index is 0.0202. The average molecular weight is 547 g/mol. The summed E-state index contributed by atoms with van der Waals surface area (Å²) in [6, 6.07) is 0. The van der Waals surface area contributed by atoms with Gasteiger partial charge < -0.3 is 24.8 Å². The van der Waals surface area contributed by atoms with Gasteiger partial charge in [0.1, 0.15) is 23.6 Å². The zero-order valence-corrected chi connectivity index (χ0v) is 25.2. The van der Waals surface area contributed by atoms with E-state index in [9.17, 15) is 24.9 Å². The van der Waals surface area contributed by atoms with E-state index in [2.05, 4.69) is 40.7 Å². The van der Waals surface area contributed by atoms with E-state index in [0.717, 1.165) is 25.7 Å². The predicted molar refractivity (Wildman–Crippen MR) is 146 cm³/mol. The van der Waals surface area contributed by atoms with Crippen molar-refractivity contribution >= 4 is 11.8 Å². The second-order valence-electron chi connectivity index (χ2n) is 15.4. The lowest BCUT2D eigenvalue weighted by molar-refractivity contribution is -0.353. The molecule has 3 N–H and O–H groups in total. The maximum atomic E-state index is 13.1. The van der Waals surface area contributed by atoms with E-state index in [1.165, 1.54) is 26.3 Å². The lowest BCUT2D eigenvalue weighted by atomic mass is 9.37. The Morgan fingerprint density at radius 3 is 2.36 bits per heavy atom. The van der Waals surface area contributed by atoms with Crippen molar-refractivity contribution in [3.8, 4) is 0 Å². The third kappa shape index (κ3) is 3.89. The average Bonchev–Trinajstić information content (AvgIpc) is 3.17. The molecular weight excluding hydrogens is 496 g/mol. The number of rotatable bonds is 3. The first-order chi connectivity index (χ1) is 17.8. The van der Waals surface area contributed by atoms with Crippen molar-refractivity contribution in [2.75, 3.05) is 6.61 Å². The second kappa shape index (κ2) is 8.86. The lowest BCUT2D eigenvalue weighted by Crippen LogP contribution is -2.66. The SMILES string of the molecule is CC(=O)O[C@@H]1C[C@H]2C(C)(C)C(=O)CC[C@]2(C)[C@H]2CC[C@]3(C)C(=CC[C@H]3[C@H]3CO[C@](O)(C(C)(C)O)[C@H](O)C3)[C@@]21C. The first-order valence-electron chi connectivity index (χ1n) is 15.0. The number of esters is 1. The van der Waals surface area contributed by atoms with Gasteiger partial charge in [-0.3, -0.25) is 9.59 Å². The molecule has 4 aliphatic carbocycles. The summed E-state index contributed by atoms with van der Waals surface area (Å²) >= 11 is 0. The molecule has 220 valence electrons. The van der Waals surface area contributed by atoms with E-state index in [4.69, 9.17) is 9.47 Å². The molecule has 0 aromatic rings. The summed E-state index contributed by atoms with van der Waals surface area (Å²) in [6.07, 6.45) is 6.20. The van der Waals surface area contributed by atoms with Gasteiger partial charge in [-0.25, -0.2) is 0 Å². The van der Waals surface area contributed by atoms with Gasteiger partial charge in [0, 0.05) is 24.2 Å². The molecular formula is C32H50O7. The van der Waals surface area contributed by atoms with Gasteiger partial charge in [-0.2, -0.15) is 0 Å². The smallest absolute Gasteiger partial charge is 0.302 e. The number of Topliss-reactive ketones (excluding diaryl/α,β-unsaturated/α-hetero) is 1. The van der Waals surface area contributed by atoms with Crippen LogP contribution in [0.3, 0.4) is 0 Å². The molecule has 0 bridgehead atoms. The van der Waals surface area contributed by atoms with Gasteiger partial charge in [0.05, 0.1) is 6.61 Å². The van der Waals surface area contributed by atoms with Crippen LogP contribution in [0.1, 0.15) is 100 Å². The Labute approximate surface area is 233 Å². The highest BCUT2D eigenvalue weighted by Gasteiger charge is 2.69. The van der Waals surface area contributed by atoms with Gasteiger partial charge in [0.25, 0.3) is 0 Å². The van der Waals surface area contributed by atoms with Crippen molar-refractivity contribution in [1.82, 2.24) is 0 Å². The van der Waals surface area contributed by atoms with E-state index in [1.54, 1.807) is 0 Å². The quantitative estimate of drug-likeness (QED) is 0.351. The molecule has 0 radical (unpaired) electrons. The molecule has 1 aliphatic heterocycles. The molecule has 1 heterocycles. The summed E-state index contributed by atoms with van der Waals surface area (Å²) < 4.78 is 12.0. The summed E-state index contributed by atoms with van der Waals surface area (Å²) in [4.78, 5) is 25.5. The standard InChI is InChI=1S/C32H50O7/c1-18(33)39-26-16-23-27(2,3)24(34)12-14-30(23,7)22-11-13-29(6)20(9-10-21(29)31(22,26)8)19-15-25(35)32(37,38-17-19)28(4,5)36/h10,19-20,22-23,25-26,35-37H,9,11-17H2,1-8H3/t19-,20+,22-,23+,25-,26-,29+,30-,31+,32+/m1/s1. The van der Waals surface area contributed by atoms with Crippen molar-refractivity contribution in [1.29, 1.82) is 0 Å². The van der Waals surface area contributed by atoms with Crippen LogP contribution in [0.4, 0.5) is 0 Å². The molecule has 0 unspecified atom stereocenters. The number of hydrogen-bond acceptors (Lipinski definition) is 7. The molecule has 3 saturated carbocycles. The zero-order valence-electron chi connectivity index (χ0n) is 25.2. The number of allylic oxidation sites excluding steroid dienone is 1. The summed E-state index contributed by atoms with van der Waals surface area (Å²) in [5, 5.41) is 32.4. The number of ether oxygens (including phenoxy) is 2. The lowest BCUT2D eigenvalue weighted by Gasteiger charge is -2.68. The van der Waals surface area contributed by atoms with Crippen LogP contribution in [0.15, 0.2) is 11.6 Å². The van der Waals surface area contributed by atoms with Crippen LogP contribution in [0.25, 0.3) is 0 Å². The molecule has 5 rings (SSSR count). The zero-order chi connectivity index (χ0) is 29.0. The molecule has 0 aromatic heterocycles. The Morgan fingerprint density at radius 1 is 1.10 bits per heavy atom. The molecule has 4 fully saturated rings. The summed E-state index contributed by atoms with van der Waals surface area (Å²) in [7, 11) is 0. The van der Waals surface area contributed by atoms with E-state index in [0.29, 0.717) is 25.0 Å². The second-order valence-corrected chi connectivity index (χ2v) is 15.4. The number of carbonyl (C=O) groups excluding carboxylic acids is 2. The maximum Gasteiger partial charge on any atom is 0.302 e. The number of fused-ring (bicyclic) bond motifs is 5. The first kappa shape index (κ1) is 29.2. The molecule has 1 saturated heterocycles. The maximum absolute atomic E-state index is 13.1. The van der Waals surface area contributed by atoms with Crippen molar-refractivity contribution in [3.05, 3.63) is 11.6 Å². The number of aliphatic hydroxyl groups excluding tert-OH is 1. The molecule has 5 aliphatic rings. The van der Waals surface area contributed by atoms with E-state index < -0.39 is 22.9 Å². The van der Waals surface area contributed by atoms with Crippen LogP contribution >= 0.6 is 0 Å². The van der Waals surface area contributed by atoms with Crippen LogP contribution < -0.4 is 0 Å². The fourth-order valence-electron chi connectivity index (χ4n) is 10.6. The molecule has 7 nitrogen and oxygen atoms in total. The van der Waals surface area contributed by atoms with E-state index in [1.807, 2.05) is 0 Å². The van der Waals surface area contributed by atoms with Gasteiger partial charge in [-0.1, -0.05) is 46.3 Å². The van der Waals surface area contributed by atoms with Crippen molar-refractivity contribution in [3.63, 3.8) is 0 Å². The normalized spacial score (nSPS) is 49.4. The third-order valence-corrected chi connectivity index (χ3v) is 12.7. The Kier molecular flexibility index (Phi) is 6.64. The molecule has 0 amide bonds. The number of ketones is 1. The Balaban J connectivity index is 1.49. The minimum Gasteiger partial charge on any atom is -0.462 e. The van der Waals surface area contributed by atoms with Crippen LogP contribution in [-0.2, 0) is 19.1 Å². The Morgan fingerprint density at radius 2 is 1.77 bits per heavy atom. The number of aliphatic hydroxyl groups is 3. The largest absolute Gasteiger partial charge is 0.462 e. The number of hydrogen-bond donors (Lipinski definition) is 3. The molecule has 0 aromatic carbocycles. The van der Waals surface area contributed by atoms with Gasteiger partial charge in [0.15, 0.2) is 0 Å². The molecule has 0 spiro atoms. The summed E-state index contributed by atoms with van der Waals surface area (Å²) in [5.74, 6) is -1.30. The topological polar surface area (TPSA) is 113 Å². The predicted octanol–water partition coefficient (Wildman–Crippen LogP) is 4.56. The Hall–Kier alpha value is -1.28. The van der Waals surface area contributed by atoms with E-state index in [-0.39, 0.29) is 58.6 Å².